The zero-order chi connectivity index (χ0) is 10.6. The van der Waals surface area contributed by atoms with Crippen LogP contribution in [0.1, 0.15) is 33.1 Å². The molecular weight excluding hydrogens is 176 g/mol. The third kappa shape index (κ3) is 3.28. The quantitative estimate of drug-likeness (QED) is 0.638. The fourth-order valence-electron chi connectivity index (χ4n) is 1.64. The van der Waals surface area contributed by atoms with Crippen LogP contribution < -0.4 is 0 Å². The van der Waals surface area contributed by atoms with E-state index in [-0.39, 0.29) is 18.1 Å². The van der Waals surface area contributed by atoms with E-state index < -0.39 is 0 Å². The molecule has 0 amide bonds. The van der Waals surface area contributed by atoms with Crippen LogP contribution in [-0.4, -0.2) is 22.4 Å². The number of allylic oxidation sites excluding steroid dienone is 2. The summed E-state index contributed by atoms with van der Waals surface area (Å²) in [5.41, 5.74) is 0.997. The summed E-state index contributed by atoms with van der Waals surface area (Å²) in [6.45, 7) is 3.84. The lowest BCUT2D eigenvalue weighted by molar-refractivity contribution is 0.138. The van der Waals surface area contributed by atoms with Crippen LogP contribution in [0.5, 0.6) is 0 Å². The maximum absolute atomic E-state index is 9.71. The Kier molecular flexibility index (Phi) is 4.36. The van der Waals surface area contributed by atoms with Gasteiger partial charge in [0.1, 0.15) is 0 Å². The average Bonchev–Trinajstić information content (AvgIpc) is 2.91. The van der Waals surface area contributed by atoms with E-state index >= 15 is 0 Å². The molecule has 2 heteroatoms. The summed E-state index contributed by atoms with van der Waals surface area (Å²) in [6.07, 6.45) is 8.24. The van der Waals surface area contributed by atoms with Gasteiger partial charge in [0.05, 0.1) is 12.2 Å². The molecule has 1 aliphatic rings. The van der Waals surface area contributed by atoms with Gasteiger partial charge in [0.15, 0.2) is 0 Å². The highest BCUT2D eigenvalue weighted by atomic mass is 16.3. The Labute approximate surface area is 86.0 Å². The van der Waals surface area contributed by atoms with Gasteiger partial charge < -0.3 is 10.2 Å². The molecule has 1 rings (SSSR count). The van der Waals surface area contributed by atoms with Crippen molar-refractivity contribution in [3.63, 3.8) is 0 Å². The zero-order valence-electron chi connectivity index (χ0n) is 8.98. The molecule has 0 aromatic heterocycles. The minimum Gasteiger partial charge on any atom is -0.392 e. The van der Waals surface area contributed by atoms with Crippen LogP contribution in [-0.2, 0) is 0 Å². The van der Waals surface area contributed by atoms with Crippen molar-refractivity contribution in [1.82, 2.24) is 0 Å². The van der Waals surface area contributed by atoms with Crippen molar-refractivity contribution in [3.8, 4) is 0 Å². The molecule has 0 spiro atoms. The molecule has 2 N–H and O–H groups in total. The minimum absolute atomic E-state index is 0.144. The molecule has 3 unspecified atom stereocenters. The van der Waals surface area contributed by atoms with Gasteiger partial charge in [-0.05, 0) is 31.8 Å². The molecule has 0 aliphatic heterocycles. The van der Waals surface area contributed by atoms with E-state index in [1.807, 2.05) is 6.08 Å². The lowest BCUT2D eigenvalue weighted by Crippen LogP contribution is -2.14. The van der Waals surface area contributed by atoms with Gasteiger partial charge in [0, 0.05) is 5.92 Å². The van der Waals surface area contributed by atoms with Crippen molar-refractivity contribution in [3.05, 3.63) is 23.8 Å². The predicted molar refractivity (Wildman–Crippen MR) is 57.9 cm³/mol. The number of hydrogen-bond donors (Lipinski definition) is 2. The molecule has 1 aliphatic carbocycles. The first kappa shape index (κ1) is 11.5. The minimum atomic E-state index is -0.388. The third-order valence-corrected chi connectivity index (χ3v) is 2.58. The van der Waals surface area contributed by atoms with Gasteiger partial charge in [-0.25, -0.2) is 0 Å². The number of rotatable bonds is 6. The van der Waals surface area contributed by atoms with Crippen molar-refractivity contribution < 1.29 is 10.2 Å². The maximum Gasteiger partial charge on any atom is 0.0728 e. The molecule has 0 radical (unpaired) electrons. The molecule has 0 aromatic carbocycles. The van der Waals surface area contributed by atoms with Crippen LogP contribution in [0.25, 0.3) is 0 Å². The SMILES string of the molecule is CCC=CCCC(O)C1C=C1C(C)O. The lowest BCUT2D eigenvalue weighted by Gasteiger charge is -2.10. The van der Waals surface area contributed by atoms with Crippen LogP contribution in [0.15, 0.2) is 23.8 Å². The number of aliphatic hydroxyl groups is 2. The molecule has 80 valence electrons. The van der Waals surface area contributed by atoms with E-state index in [4.69, 9.17) is 0 Å². The van der Waals surface area contributed by atoms with Gasteiger partial charge in [-0.3, -0.25) is 0 Å². The topological polar surface area (TPSA) is 40.5 Å². The molecule has 14 heavy (non-hydrogen) atoms. The van der Waals surface area contributed by atoms with Gasteiger partial charge in [-0.2, -0.15) is 0 Å². The second-order valence-corrected chi connectivity index (χ2v) is 3.89. The highest BCUT2D eigenvalue weighted by molar-refractivity contribution is 5.33. The largest absolute Gasteiger partial charge is 0.392 e. The first-order chi connectivity index (χ1) is 6.66. The van der Waals surface area contributed by atoms with E-state index in [0.717, 1.165) is 24.8 Å². The molecule has 0 saturated carbocycles. The van der Waals surface area contributed by atoms with Crippen LogP contribution in [0.2, 0.25) is 0 Å². The van der Waals surface area contributed by atoms with Gasteiger partial charge in [-0.15, -0.1) is 0 Å². The van der Waals surface area contributed by atoms with Crippen LogP contribution in [0, 0.1) is 5.92 Å². The Bertz CT molecular complexity index is 228. The average molecular weight is 196 g/mol. The normalized spacial score (nSPS) is 24.9. The summed E-state index contributed by atoms with van der Waals surface area (Å²) in [5, 5.41) is 18.9. The summed E-state index contributed by atoms with van der Waals surface area (Å²) in [4.78, 5) is 0. The summed E-state index contributed by atoms with van der Waals surface area (Å²) < 4.78 is 0. The van der Waals surface area contributed by atoms with Gasteiger partial charge in [0.25, 0.3) is 0 Å². The number of aliphatic hydroxyl groups excluding tert-OH is 2. The molecule has 0 aromatic rings. The van der Waals surface area contributed by atoms with E-state index in [9.17, 15) is 10.2 Å². The molecule has 0 fully saturated rings. The van der Waals surface area contributed by atoms with E-state index in [2.05, 4.69) is 19.1 Å². The van der Waals surface area contributed by atoms with Gasteiger partial charge >= 0.3 is 0 Å². The van der Waals surface area contributed by atoms with Crippen molar-refractivity contribution in [1.29, 1.82) is 0 Å². The zero-order valence-corrected chi connectivity index (χ0v) is 8.98. The monoisotopic (exact) mass is 196 g/mol. The van der Waals surface area contributed by atoms with Crippen molar-refractivity contribution in [2.75, 3.05) is 0 Å². The molecule has 0 bridgehead atoms. The Hall–Kier alpha value is -0.600. The fraction of sp³-hybridized carbons (Fsp3) is 0.667. The highest BCUT2D eigenvalue weighted by Crippen LogP contribution is 2.36. The van der Waals surface area contributed by atoms with E-state index in [1.54, 1.807) is 6.92 Å². The van der Waals surface area contributed by atoms with Crippen LogP contribution >= 0.6 is 0 Å². The van der Waals surface area contributed by atoms with Gasteiger partial charge in [0.2, 0.25) is 0 Å². The second-order valence-electron chi connectivity index (χ2n) is 3.89. The molecule has 3 atom stereocenters. The first-order valence-electron chi connectivity index (χ1n) is 5.39. The Morgan fingerprint density at radius 1 is 1.43 bits per heavy atom. The van der Waals surface area contributed by atoms with E-state index in [1.165, 1.54) is 0 Å². The molecular formula is C12H20O2. The van der Waals surface area contributed by atoms with Gasteiger partial charge in [-0.1, -0.05) is 25.2 Å². The van der Waals surface area contributed by atoms with Crippen LogP contribution in [0.3, 0.4) is 0 Å². The smallest absolute Gasteiger partial charge is 0.0728 e. The lowest BCUT2D eigenvalue weighted by atomic mass is 10.0. The van der Waals surface area contributed by atoms with Crippen molar-refractivity contribution >= 4 is 0 Å². The Balaban J connectivity index is 2.13. The standard InChI is InChI=1S/C12H20O2/c1-3-4-5-6-7-12(14)11-8-10(11)9(2)13/h4-5,8-9,11-14H,3,6-7H2,1-2H3. The second kappa shape index (κ2) is 5.32. The maximum atomic E-state index is 9.71. The molecule has 2 nitrogen and oxygen atoms in total. The Morgan fingerprint density at radius 3 is 2.64 bits per heavy atom. The Morgan fingerprint density at radius 2 is 2.14 bits per heavy atom. The summed E-state index contributed by atoms with van der Waals surface area (Å²) in [6, 6.07) is 0. The fourth-order valence-corrected chi connectivity index (χ4v) is 1.64. The summed E-state index contributed by atoms with van der Waals surface area (Å²) in [5.74, 6) is 0.144. The highest BCUT2D eigenvalue weighted by Gasteiger charge is 2.33. The van der Waals surface area contributed by atoms with Crippen molar-refractivity contribution in [2.45, 2.75) is 45.3 Å². The third-order valence-electron chi connectivity index (χ3n) is 2.58. The molecule has 0 heterocycles. The van der Waals surface area contributed by atoms with Crippen molar-refractivity contribution in [2.24, 2.45) is 5.92 Å². The molecule has 0 saturated heterocycles. The number of hydrogen-bond acceptors (Lipinski definition) is 2. The summed E-state index contributed by atoms with van der Waals surface area (Å²) in [7, 11) is 0. The van der Waals surface area contributed by atoms with E-state index in [0.29, 0.717) is 0 Å². The van der Waals surface area contributed by atoms with Crippen LogP contribution in [0.4, 0.5) is 0 Å². The predicted octanol–water partition coefficient (Wildman–Crippen LogP) is 2.03. The first-order valence-corrected chi connectivity index (χ1v) is 5.39. The summed E-state index contributed by atoms with van der Waals surface area (Å²) >= 11 is 0.